The molecule has 1 aliphatic carbocycles. The van der Waals surface area contributed by atoms with Gasteiger partial charge in [0.15, 0.2) is 0 Å². The quantitative estimate of drug-likeness (QED) is 0.905. The predicted octanol–water partition coefficient (Wildman–Crippen LogP) is 3.20. The summed E-state index contributed by atoms with van der Waals surface area (Å²) in [5.41, 5.74) is 1.51. The number of ether oxygens (including phenoxy) is 1. The minimum Gasteiger partial charge on any atom is -0.375 e. The average molecular weight is 291 g/mol. The minimum absolute atomic E-state index is 0.188. The van der Waals surface area contributed by atoms with Crippen molar-refractivity contribution in [2.24, 2.45) is 13.0 Å². The summed E-state index contributed by atoms with van der Waals surface area (Å²) in [6.45, 7) is 4.22. The number of aryl methyl sites for hydroxylation is 1. The van der Waals surface area contributed by atoms with Crippen LogP contribution in [0.1, 0.15) is 63.6 Å². The third-order valence-electron chi connectivity index (χ3n) is 5.30. The van der Waals surface area contributed by atoms with Crippen LogP contribution in [0.15, 0.2) is 12.5 Å². The standard InChI is InChI=1S/C17H29N3O/c1-3-9-19-16(15-12-18-13-20(15)2)14-6-10-21-17(11-14)7-4-5-8-17/h12-14,16,19H,3-11H2,1-2H3. The molecule has 2 heterocycles. The predicted molar refractivity (Wildman–Crippen MR) is 84.1 cm³/mol. The van der Waals surface area contributed by atoms with Crippen LogP contribution in [-0.4, -0.2) is 28.3 Å². The number of aromatic nitrogens is 2. The first-order valence-corrected chi connectivity index (χ1v) is 8.58. The van der Waals surface area contributed by atoms with Gasteiger partial charge in [0.05, 0.1) is 23.7 Å². The van der Waals surface area contributed by atoms with E-state index in [1.54, 1.807) is 0 Å². The molecule has 1 aromatic heterocycles. The molecule has 0 aromatic carbocycles. The van der Waals surface area contributed by atoms with E-state index in [1.807, 2.05) is 12.5 Å². The fourth-order valence-electron chi connectivity index (χ4n) is 4.20. The summed E-state index contributed by atoms with van der Waals surface area (Å²) < 4.78 is 8.38. The Bertz CT molecular complexity index is 451. The van der Waals surface area contributed by atoms with Crippen molar-refractivity contribution in [3.8, 4) is 0 Å². The SMILES string of the molecule is CCCNC(c1cncn1C)C1CCOC2(CCCC2)C1. The summed E-state index contributed by atoms with van der Waals surface area (Å²) in [4.78, 5) is 4.33. The summed E-state index contributed by atoms with van der Waals surface area (Å²) >= 11 is 0. The van der Waals surface area contributed by atoms with Crippen LogP contribution in [-0.2, 0) is 11.8 Å². The zero-order valence-corrected chi connectivity index (χ0v) is 13.5. The minimum atomic E-state index is 0.188. The lowest BCUT2D eigenvalue weighted by Crippen LogP contribution is -2.42. The van der Waals surface area contributed by atoms with Gasteiger partial charge in [-0.25, -0.2) is 4.98 Å². The Morgan fingerprint density at radius 2 is 2.29 bits per heavy atom. The van der Waals surface area contributed by atoms with Crippen LogP contribution >= 0.6 is 0 Å². The molecule has 1 saturated heterocycles. The highest BCUT2D eigenvalue weighted by Gasteiger charge is 2.42. The van der Waals surface area contributed by atoms with Crippen molar-refractivity contribution in [2.75, 3.05) is 13.2 Å². The maximum Gasteiger partial charge on any atom is 0.0946 e. The smallest absolute Gasteiger partial charge is 0.0946 e. The van der Waals surface area contributed by atoms with Crippen LogP contribution in [0.25, 0.3) is 0 Å². The second-order valence-electron chi connectivity index (χ2n) is 6.85. The monoisotopic (exact) mass is 291 g/mol. The van der Waals surface area contributed by atoms with Crippen LogP contribution in [0.3, 0.4) is 0 Å². The van der Waals surface area contributed by atoms with Crippen molar-refractivity contribution < 1.29 is 4.74 Å². The molecule has 4 nitrogen and oxygen atoms in total. The fraction of sp³-hybridized carbons (Fsp3) is 0.824. The van der Waals surface area contributed by atoms with Crippen molar-refractivity contribution in [1.82, 2.24) is 14.9 Å². The lowest BCUT2D eigenvalue weighted by molar-refractivity contribution is -0.0985. The average Bonchev–Trinajstić information content (AvgIpc) is 3.10. The van der Waals surface area contributed by atoms with E-state index in [0.717, 1.165) is 19.6 Å². The second kappa shape index (κ2) is 6.49. The van der Waals surface area contributed by atoms with E-state index in [1.165, 1.54) is 44.2 Å². The normalized spacial score (nSPS) is 26.3. The topological polar surface area (TPSA) is 39.1 Å². The van der Waals surface area contributed by atoms with Crippen molar-refractivity contribution in [3.63, 3.8) is 0 Å². The Hall–Kier alpha value is -0.870. The number of hydrogen-bond acceptors (Lipinski definition) is 3. The molecule has 1 saturated carbocycles. The van der Waals surface area contributed by atoms with E-state index in [9.17, 15) is 0 Å². The number of imidazole rings is 1. The lowest BCUT2D eigenvalue weighted by atomic mass is 9.79. The highest BCUT2D eigenvalue weighted by molar-refractivity contribution is 5.09. The van der Waals surface area contributed by atoms with E-state index >= 15 is 0 Å². The molecule has 118 valence electrons. The van der Waals surface area contributed by atoms with Crippen LogP contribution in [0, 0.1) is 5.92 Å². The summed E-state index contributed by atoms with van der Waals surface area (Å²) in [5.74, 6) is 0.666. The summed E-state index contributed by atoms with van der Waals surface area (Å²) in [6.07, 6.45) is 12.7. The number of hydrogen-bond donors (Lipinski definition) is 1. The van der Waals surface area contributed by atoms with Crippen LogP contribution in [0.2, 0.25) is 0 Å². The van der Waals surface area contributed by atoms with Crippen LogP contribution in [0.5, 0.6) is 0 Å². The molecule has 4 heteroatoms. The van der Waals surface area contributed by atoms with Gasteiger partial charge >= 0.3 is 0 Å². The zero-order valence-electron chi connectivity index (χ0n) is 13.5. The van der Waals surface area contributed by atoms with Gasteiger partial charge in [-0.1, -0.05) is 19.8 Å². The second-order valence-corrected chi connectivity index (χ2v) is 6.85. The van der Waals surface area contributed by atoms with E-state index in [0.29, 0.717) is 12.0 Å². The molecule has 3 rings (SSSR count). The summed E-state index contributed by atoms with van der Waals surface area (Å²) in [5, 5.41) is 3.77. The molecule has 2 fully saturated rings. The maximum absolute atomic E-state index is 6.21. The summed E-state index contributed by atoms with van der Waals surface area (Å²) in [6, 6.07) is 0.416. The van der Waals surface area contributed by atoms with E-state index in [2.05, 4.69) is 28.8 Å². The molecule has 0 amide bonds. The van der Waals surface area contributed by atoms with Crippen LogP contribution < -0.4 is 5.32 Å². The number of nitrogens with zero attached hydrogens (tertiary/aromatic N) is 2. The zero-order chi connectivity index (χ0) is 14.7. The summed E-state index contributed by atoms with van der Waals surface area (Å²) in [7, 11) is 2.10. The molecular formula is C17H29N3O. The van der Waals surface area contributed by atoms with Gasteiger partial charge in [-0.2, -0.15) is 0 Å². The van der Waals surface area contributed by atoms with E-state index in [4.69, 9.17) is 4.74 Å². The lowest BCUT2D eigenvalue weighted by Gasteiger charge is -2.41. The Balaban J connectivity index is 1.77. The first kappa shape index (κ1) is 15.0. The van der Waals surface area contributed by atoms with Gasteiger partial charge in [0.2, 0.25) is 0 Å². The molecule has 2 aliphatic rings. The first-order chi connectivity index (χ1) is 10.2. The molecule has 0 bridgehead atoms. The van der Waals surface area contributed by atoms with Gasteiger partial charge in [0.25, 0.3) is 0 Å². The highest BCUT2D eigenvalue weighted by atomic mass is 16.5. The molecule has 1 aromatic rings. The van der Waals surface area contributed by atoms with Crippen molar-refractivity contribution >= 4 is 0 Å². The molecule has 0 radical (unpaired) electrons. The third kappa shape index (κ3) is 3.16. The van der Waals surface area contributed by atoms with Gasteiger partial charge in [-0.15, -0.1) is 0 Å². The largest absolute Gasteiger partial charge is 0.375 e. The molecule has 1 aliphatic heterocycles. The fourth-order valence-corrected chi connectivity index (χ4v) is 4.20. The molecule has 2 atom stereocenters. The van der Waals surface area contributed by atoms with Crippen molar-refractivity contribution in [1.29, 1.82) is 0 Å². The van der Waals surface area contributed by atoms with Gasteiger partial charge in [0, 0.05) is 19.9 Å². The Morgan fingerprint density at radius 3 is 2.95 bits per heavy atom. The van der Waals surface area contributed by atoms with Crippen molar-refractivity contribution in [3.05, 3.63) is 18.2 Å². The maximum atomic E-state index is 6.21. The van der Waals surface area contributed by atoms with E-state index < -0.39 is 0 Å². The van der Waals surface area contributed by atoms with Gasteiger partial charge in [-0.05, 0) is 44.6 Å². The first-order valence-electron chi connectivity index (χ1n) is 8.58. The Morgan fingerprint density at radius 1 is 1.48 bits per heavy atom. The molecular weight excluding hydrogens is 262 g/mol. The number of rotatable bonds is 5. The van der Waals surface area contributed by atoms with Gasteiger partial charge < -0.3 is 14.6 Å². The Kier molecular flexibility index (Phi) is 4.65. The van der Waals surface area contributed by atoms with Crippen LogP contribution in [0.4, 0.5) is 0 Å². The van der Waals surface area contributed by atoms with Crippen molar-refractivity contribution in [2.45, 2.75) is 63.5 Å². The third-order valence-corrected chi connectivity index (χ3v) is 5.30. The Labute approximate surface area is 128 Å². The number of nitrogens with one attached hydrogen (secondary N) is 1. The molecule has 21 heavy (non-hydrogen) atoms. The highest BCUT2D eigenvalue weighted by Crippen LogP contribution is 2.45. The molecule has 1 N–H and O–H groups in total. The van der Waals surface area contributed by atoms with Gasteiger partial charge in [0.1, 0.15) is 0 Å². The molecule has 1 spiro atoms. The van der Waals surface area contributed by atoms with E-state index in [-0.39, 0.29) is 5.60 Å². The molecule has 2 unspecified atom stereocenters. The van der Waals surface area contributed by atoms with Gasteiger partial charge in [-0.3, -0.25) is 0 Å².